The summed E-state index contributed by atoms with van der Waals surface area (Å²) in [5.74, 6) is 0. The van der Waals surface area contributed by atoms with Gasteiger partial charge in [0.15, 0.2) is 0 Å². The summed E-state index contributed by atoms with van der Waals surface area (Å²) in [7, 11) is 0. The molecule has 0 radical (unpaired) electrons. The maximum atomic E-state index is 5.98. The van der Waals surface area contributed by atoms with Crippen LogP contribution in [0.2, 0.25) is 5.02 Å². The van der Waals surface area contributed by atoms with Crippen LogP contribution in [0.25, 0.3) is 10.2 Å². The SMILES string of the molecule is Clc1ccnc2c(CBr)csc12. The van der Waals surface area contributed by atoms with E-state index >= 15 is 0 Å². The molecule has 2 rings (SSSR count). The van der Waals surface area contributed by atoms with Crippen LogP contribution in [0.3, 0.4) is 0 Å². The zero-order valence-electron chi connectivity index (χ0n) is 6.05. The Balaban J connectivity index is 2.80. The summed E-state index contributed by atoms with van der Waals surface area (Å²) in [6.45, 7) is 0. The van der Waals surface area contributed by atoms with Crippen LogP contribution >= 0.6 is 38.9 Å². The highest BCUT2D eigenvalue weighted by Crippen LogP contribution is 2.30. The predicted octanol–water partition coefficient (Wildman–Crippen LogP) is 3.84. The number of pyridine rings is 1. The normalized spacial score (nSPS) is 10.8. The van der Waals surface area contributed by atoms with Crippen molar-refractivity contribution < 1.29 is 0 Å². The van der Waals surface area contributed by atoms with Gasteiger partial charge in [-0.3, -0.25) is 4.98 Å². The maximum Gasteiger partial charge on any atom is 0.0865 e. The van der Waals surface area contributed by atoms with Crippen molar-refractivity contribution in [3.05, 3.63) is 28.2 Å². The Bertz CT molecular complexity index is 412. The van der Waals surface area contributed by atoms with E-state index in [2.05, 4.69) is 26.3 Å². The van der Waals surface area contributed by atoms with Crippen LogP contribution in [-0.2, 0) is 5.33 Å². The lowest BCUT2D eigenvalue weighted by Crippen LogP contribution is -1.77. The summed E-state index contributed by atoms with van der Waals surface area (Å²) < 4.78 is 1.08. The average Bonchev–Trinajstić information content (AvgIpc) is 2.49. The third kappa shape index (κ3) is 1.26. The van der Waals surface area contributed by atoms with E-state index < -0.39 is 0 Å². The van der Waals surface area contributed by atoms with Crippen molar-refractivity contribution in [2.24, 2.45) is 0 Å². The van der Waals surface area contributed by atoms with Gasteiger partial charge in [0, 0.05) is 11.5 Å². The molecule has 0 atom stereocenters. The number of thiophene rings is 1. The highest BCUT2D eigenvalue weighted by Gasteiger charge is 2.05. The Morgan fingerprint density at radius 1 is 1.58 bits per heavy atom. The second kappa shape index (κ2) is 3.32. The van der Waals surface area contributed by atoms with Gasteiger partial charge >= 0.3 is 0 Å². The van der Waals surface area contributed by atoms with Crippen molar-refractivity contribution in [3.63, 3.8) is 0 Å². The van der Waals surface area contributed by atoms with Crippen molar-refractivity contribution in [2.75, 3.05) is 0 Å². The standard InChI is InChI=1S/C8H5BrClNS/c9-3-5-4-12-8-6(10)1-2-11-7(5)8/h1-2,4H,3H2. The van der Waals surface area contributed by atoms with Gasteiger partial charge in [-0.25, -0.2) is 0 Å². The molecule has 62 valence electrons. The van der Waals surface area contributed by atoms with Gasteiger partial charge in [-0.15, -0.1) is 11.3 Å². The van der Waals surface area contributed by atoms with Crippen molar-refractivity contribution in [2.45, 2.75) is 5.33 Å². The molecule has 0 amide bonds. The molecule has 0 aliphatic heterocycles. The number of rotatable bonds is 1. The number of nitrogens with zero attached hydrogens (tertiary/aromatic N) is 1. The summed E-state index contributed by atoms with van der Waals surface area (Å²) in [6.07, 6.45) is 1.74. The number of halogens is 2. The lowest BCUT2D eigenvalue weighted by atomic mass is 10.3. The van der Waals surface area contributed by atoms with Crippen LogP contribution in [0, 0.1) is 0 Å². The first kappa shape index (κ1) is 8.48. The third-order valence-corrected chi connectivity index (χ3v) is 3.71. The van der Waals surface area contributed by atoms with Crippen LogP contribution in [-0.4, -0.2) is 4.98 Å². The van der Waals surface area contributed by atoms with E-state index in [1.807, 2.05) is 6.07 Å². The predicted molar refractivity (Wildman–Crippen MR) is 57.3 cm³/mol. The van der Waals surface area contributed by atoms with Gasteiger partial charge in [-0.1, -0.05) is 27.5 Å². The fraction of sp³-hybridized carbons (Fsp3) is 0.125. The van der Waals surface area contributed by atoms with Gasteiger partial charge in [0.05, 0.1) is 15.2 Å². The Hall–Kier alpha value is -0.120. The molecular weight excluding hydrogens is 258 g/mol. The average molecular weight is 263 g/mol. The molecule has 4 heteroatoms. The molecule has 2 aromatic heterocycles. The molecule has 0 aliphatic carbocycles. The van der Waals surface area contributed by atoms with Crippen molar-refractivity contribution in [3.8, 4) is 0 Å². The van der Waals surface area contributed by atoms with E-state index in [0.717, 1.165) is 20.6 Å². The van der Waals surface area contributed by atoms with Crippen molar-refractivity contribution in [1.82, 2.24) is 4.98 Å². The van der Waals surface area contributed by atoms with Gasteiger partial charge in [-0.2, -0.15) is 0 Å². The lowest BCUT2D eigenvalue weighted by Gasteiger charge is -1.92. The van der Waals surface area contributed by atoms with Crippen LogP contribution in [0.4, 0.5) is 0 Å². The largest absolute Gasteiger partial charge is 0.255 e. The van der Waals surface area contributed by atoms with Crippen molar-refractivity contribution >= 4 is 49.1 Å². The first-order valence-electron chi connectivity index (χ1n) is 3.39. The zero-order valence-corrected chi connectivity index (χ0v) is 9.21. The highest BCUT2D eigenvalue weighted by molar-refractivity contribution is 9.08. The van der Waals surface area contributed by atoms with E-state index in [0.29, 0.717) is 0 Å². The minimum Gasteiger partial charge on any atom is -0.255 e. The summed E-state index contributed by atoms with van der Waals surface area (Å²) in [5, 5.41) is 3.70. The minimum absolute atomic E-state index is 0.789. The Morgan fingerprint density at radius 2 is 2.42 bits per heavy atom. The number of hydrogen-bond acceptors (Lipinski definition) is 2. The van der Waals surface area contributed by atoms with Gasteiger partial charge in [0.25, 0.3) is 0 Å². The smallest absolute Gasteiger partial charge is 0.0865 e. The quantitative estimate of drug-likeness (QED) is 0.712. The van der Waals surface area contributed by atoms with Gasteiger partial charge in [-0.05, 0) is 17.0 Å². The highest BCUT2D eigenvalue weighted by atomic mass is 79.9. The second-order valence-electron chi connectivity index (χ2n) is 2.37. The molecule has 0 N–H and O–H groups in total. The molecule has 0 unspecified atom stereocenters. The Labute approximate surface area is 87.5 Å². The number of aromatic nitrogens is 1. The number of hydrogen-bond donors (Lipinski definition) is 0. The molecular formula is C8H5BrClNS. The number of alkyl halides is 1. The third-order valence-electron chi connectivity index (χ3n) is 1.62. The monoisotopic (exact) mass is 261 g/mol. The van der Waals surface area contributed by atoms with E-state index in [1.54, 1.807) is 17.5 Å². The molecule has 0 bridgehead atoms. The summed E-state index contributed by atoms with van der Waals surface area (Å²) in [4.78, 5) is 4.27. The summed E-state index contributed by atoms with van der Waals surface area (Å²) >= 11 is 11.0. The minimum atomic E-state index is 0.789. The Morgan fingerprint density at radius 3 is 3.17 bits per heavy atom. The van der Waals surface area contributed by atoms with Crippen LogP contribution < -0.4 is 0 Å². The van der Waals surface area contributed by atoms with Gasteiger partial charge < -0.3 is 0 Å². The summed E-state index contributed by atoms with van der Waals surface area (Å²) in [5.41, 5.74) is 2.22. The first-order valence-corrected chi connectivity index (χ1v) is 5.77. The van der Waals surface area contributed by atoms with Gasteiger partial charge in [0.1, 0.15) is 0 Å². The molecule has 2 aromatic rings. The number of fused-ring (bicyclic) bond motifs is 1. The first-order chi connectivity index (χ1) is 5.83. The fourth-order valence-corrected chi connectivity index (χ4v) is 2.90. The molecule has 0 saturated carbocycles. The van der Waals surface area contributed by atoms with E-state index in [-0.39, 0.29) is 0 Å². The van der Waals surface area contributed by atoms with Crippen molar-refractivity contribution in [1.29, 1.82) is 0 Å². The molecule has 0 aromatic carbocycles. The molecule has 12 heavy (non-hydrogen) atoms. The van der Waals surface area contributed by atoms with Crippen LogP contribution in [0.5, 0.6) is 0 Å². The second-order valence-corrected chi connectivity index (χ2v) is 4.21. The molecule has 2 heterocycles. The van der Waals surface area contributed by atoms with Gasteiger partial charge in [0.2, 0.25) is 0 Å². The van der Waals surface area contributed by atoms with E-state index in [9.17, 15) is 0 Å². The summed E-state index contributed by atoms with van der Waals surface area (Å²) in [6, 6.07) is 1.82. The lowest BCUT2D eigenvalue weighted by molar-refractivity contribution is 1.38. The molecule has 0 saturated heterocycles. The molecule has 1 nitrogen and oxygen atoms in total. The van der Waals surface area contributed by atoms with E-state index in [1.165, 1.54) is 5.56 Å². The maximum absolute atomic E-state index is 5.98. The molecule has 0 aliphatic rings. The fourth-order valence-electron chi connectivity index (χ4n) is 1.05. The van der Waals surface area contributed by atoms with Crippen LogP contribution in [0.1, 0.15) is 5.56 Å². The van der Waals surface area contributed by atoms with E-state index in [4.69, 9.17) is 11.6 Å². The Kier molecular flexibility index (Phi) is 2.35. The molecule has 0 spiro atoms. The van der Waals surface area contributed by atoms with Crippen LogP contribution in [0.15, 0.2) is 17.6 Å². The zero-order chi connectivity index (χ0) is 8.55. The topological polar surface area (TPSA) is 12.9 Å². The molecule has 0 fully saturated rings.